The zero-order valence-corrected chi connectivity index (χ0v) is 10.6. The molecule has 90 valence electrons. The fourth-order valence-corrected chi connectivity index (χ4v) is 2.44. The lowest BCUT2D eigenvalue weighted by Gasteiger charge is -2.14. The third-order valence-corrected chi connectivity index (χ3v) is 3.37. The summed E-state index contributed by atoms with van der Waals surface area (Å²) < 4.78 is 4.01. The first kappa shape index (κ1) is 13.3. The standard InChI is InChI=1S/C11H20N4S/c1-3-5-6-8-9(13-12)11-10(7-4-2)14-15-16-11/h3,9,13H,1,4-8,12H2,2H3. The molecule has 1 rings (SSSR count). The molecule has 0 saturated carbocycles. The lowest BCUT2D eigenvalue weighted by atomic mass is 10.1. The van der Waals surface area contributed by atoms with E-state index in [0.29, 0.717) is 0 Å². The highest BCUT2D eigenvalue weighted by molar-refractivity contribution is 7.05. The Labute approximate surface area is 101 Å². The topological polar surface area (TPSA) is 63.8 Å². The lowest BCUT2D eigenvalue weighted by Crippen LogP contribution is -2.28. The van der Waals surface area contributed by atoms with Gasteiger partial charge in [-0.1, -0.05) is 23.9 Å². The van der Waals surface area contributed by atoms with Gasteiger partial charge in [-0.05, 0) is 37.2 Å². The Balaban J connectivity index is 2.62. The SMILES string of the molecule is C=CCCCC(NN)c1snnc1CCC. The Kier molecular flexibility index (Phi) is 6.22. The maximum atomic E-state index is 5.59. The fourth-order valence-electron chi connectivity index (χ4n) is 1.65. The van der Waals surface area contributed by atoms with Gasteiger partial charge in [-0.25, -0.2) is 0 Å². The van der Waals surface area contributed by atoms with Gasteiger partial charge in [-0.2, -0.15) is 0 Å². The van der Waals surface area contributed by atoms with Crippen LogP contribution in [0.3, 0.4) is 0 Å². The summed E-state index contributed by atoms with van der Waals surface area (Å²) in [6, 6.07) is 0.182. The van der Waals surface area contributed by atoms with E-state index in [1.54, 1.807) is 0 Å². The summed E-state index contributed by atoms with van der Waals surface area (Å²) in [6.07, 6.45) is 7.11. The third kappa shape index (κ3) is 3.66. The van der Waals surface area contributed by atoms with Crippen LogP contribution in [0.15, 0.2) is 12.7 Å². The van der Waals surface area contributed by atoms with E-state index in [0.717, 1.165) is 37.8 Å². The molecule has 1 unspecified atom stereocenters. The normalized spacial score (nSPS) is 12.6. The molecular weight excluding hydrogens is 220 g/mol. The van der Waals surface area contributed by atoms with Gasteiger partial charge in [-0.15, -0.1) is 11.7 Å². The second-order valence-electron chi connectivity index (χ2n) is 3.77. The van der Waals surface area contributed by atoms with Gasteiger partial charge in [-0.3, -0.25) is 11.3 Å². The van der Waals surface area contributed by atoms with Crippen molar-refractivity contribution in [2.24, 2.45) is 5.84 Å². The van der Waals surface area contributed by atoms with E-state index in [1.807, 2.05) is 6.08 Å². The molecule has 0 aliphatic heterocycles. The van der Waals surface area contributed by atoms with Crippen molar-refractivity contribution >= 4 is 11.5 Å². The summed E-state index contributed by atoms with van der Waals surface area (Å²) in [7, 11) is 0. The fraction of sp³-hybridized carbons (Fsp3) is 0.636. The van der Waals surface area contributed by atoms with Crippen LogP contribution in [-0.2, 0) is 6.42 Å². The van der Waals surface area contributed by atoms with Gasteiger partial charge in [0, 0.05) is 0 Å². The van der Waals surface area contributed by atoms with Crippen LogP contribution in [0.4, 0.5) is 0 Å². The van der Waals surface area contributed by atoms with Crippen LogP contribution in [0.2, 0.25) is 0 Å². The highest BCUT2D eigenvalue weighted by Crippen LogP contribution is 2.25. The smallest absolute Gasteiger partial charge is 0.0804 e. The predicted octanol–water partition coefficient (Wildman–Crippen LogP) is 2.35. The molecule has 1 aromatic heterocycles. The number of hydrogen-bond donors (Lipinski definition) is 2. The third-order valence-electron chi connectivity index (χ3n) is 2.49. The Bertz CT molecular complexity index is 311. The largest absolute Gasteiger partial charge is 0.271 e. The minimum atomic E-state index is 0.182. The van der Waals surface area contributed by atoms with Crippen LogP contribution < -0.4 is 11.3 Å². The summed E-state index contributed by atoms with van der Waals surface area (Å²) in [4.78, 5) is 1.19. The van der Waals surface area contributed by atoms with Crippen LogP contribution >= 0.6 is 11.5 Å². The molecule has 0 aromatic carbocycles. The van der Waals surface area contributed by atoms with Crippen molar-refractivity contribution in [3.05, 3.63) is 23.2 Å². The minimum Gasteiger partial charge on any atom is -0.271 e. The minimum absolute atomic E-state index is 0.182. The molecule has 16 heavy (non-hydrogen) atoms. The Hall–Kier alpha value is -0.780. The average molecular weight is 240 g/mol. The first-order valence-electron chi connectivity index (χ1n) is 5.71. The number of allylic oxidation sites excluding steroid dienone is 1. The molecule has 0 bridgehead atoms. The number of aryl methyl sites for hydroxylation is 1. The van der Waals surface area contributed by atoms with Crippen LogP contribution in [0.1, 0.15) is 49.2 Å². The predicted molar refractivity (Wildman–Crippen MR) is 68.0 cm³/mol. The van der Waals surface area contributed by atoms with Crippen molar-refractivity contribution < 1.29 is 0 Å². The molecule has 5 heteroatoms. The van der Waals surface area contributed by atoms with Gasteiger partial charge in [0.05, 0.1) is 16.6 Å². The van der Waals surface area contributed by atoms with Crippen molar-refractivity contribution in [3.63, 3.8) is 0 Å². The molecule has 0 spiro atoms. The van der Waals surface area contributed by atoms with Crippen molar-refractivity contribution in [2.75, 3.05) is 0 Å². The number of aromatic nitrogens is 2. The number of nitrogens with zero attached hydrogens (tertiary/aromatic N) is 2. The van der Waals surface area contributed by atoms with Gasteiger partial charge in [0.2, 0.25) is 0 Å². The summed E-state index contributed by atoms with van der Waals surface area (Å²) in [5, 5.41) is 4.16. The van der Waals surface area contributed by atoms with Crippen molar-refractivity contribution in [1.82, 2.24) is 15.0 Å². The second kappa shape index (κ2) is 7.49. The monoisotopic (exact) mass is 240 g/mol. The molecule has 0 saturated heterocycles. The Morgan fingerprint density at radius 2 is 2.44 bits per heavy atom. The molecule has 0 aliphatic rings. The maximum absolute atomic E-state index is 5.59. The molecular formula is C11H20N4S. The van der Waals surface area contributed by atoms with Crippen LogP contribution in [0.5, 0.6) is 0 Å². The Morgan fingerprint density at radius 1 is 1.62 bits per heavy atom. The molecule has 4 nitrogen and oxygen atoms in total. The van der Waals surface area contributed by atoms with E-state index < -0.39 is 0 Å². The van der Waals surface area contributed by atoms with E-state index in [1.165, 1.54) is 16.4 Å². The zero-order valence-electron chi connectivity index (χ0n) is 9.78. The number of rotatable bonds is 8. The number of nitrogens with two attached hydrogens (primary N) is 1. The first-order valence-corrected chi connectivity index (χ1v) is 6.49. The molecule has 0 amide bonds. The van der Waals surface area contributed by atoms with Crippen LogP contribution in [0, 0.1) is 0 Å². The summed E-state index contributed by atoms with van der Waals surface area (Å²) in [5.74, 6) is 5.59. The van der Waals surface area contributed by atoms with Crippen LogP contribution in [0.25, 0.3) is 0 Å². The number of hydrazine groups is 1. The number of unbranched alkanes of at least 4 members (excludes halogenated alkanes) is 1. The van der Waals surface area contributed by atoms with E-state index in [4.69, 9.17) is 5.84 Å². The van der Waals surface area contributed by atoms with E-state index in [2.05, 4.69) is 28.5 Å². The maximum Gasteiger partial charge on any atom is 0.0804 e. The van der Waals surface area contributed by atoms with Crippen molar-refractivity contribution in [1.29, 1.82) is 0 Å². The van der Waals surface area contributed by atoms with Gasteiger partial charge >= 0.3 is 0 Å². The average Bonchev–Trinajstić information content (AvgIpc) is 2.73. The molecule has 0 radical (unpaired) electrons. The van der Waals surface area contributed by atoms with Gasteiger partial charge in [0.15, 0.2) is 0 Å². The summed E-state index contributed by atoms with van der Waals surface area (Å²) in [5.41, 5.74) is 3.95. The number of nitrogens with one attached hydrogen (secondary N) is 1. The first-order chi connectivity index (χ1) is 7.83. The van der Waals surface area contributed by atoms with Crippen molar-refractivity contribution in [2.45, 2.75) is 45.1 Å². The molecule has 0 aliphatic carbocycles. The van der Waals surface area contributed by atoms with E-state index in [9.17, 15) is 0 Å². The lowest BCUT2D eigenvalue weighted by molar-refractivity contribution is 0.503. The molecule has 3 N–H and O–H groups in total. The van der Waals surface area contributed by atoms with Crippen LogP contribution in [-0.4, -0.2) is 9.59 Å². The number of hydrogen-bond acceptors (Lipinski definition) is 5. The van der Waals surface area contributed by atoms with Crippen molar-refractivity contribution in [3.8, 4) is 0 Å². The van der Waals surface area contributed by atoms with Gasteiger partial charge in [0.25, 0.3) is 0 Å². The molecule has 1 heterocycles. The zero-order chi connectivity index (χ0) is 11.8. The molecule has 1 aromatic rings. The highest BCUT2D eigenvalue weighted by Gasteiger charge is 2.16. The summed E-state index contributed by atoms with van der Waals surface area (Å²) in [6.45, 7) is 5.86. The van der Waals surface area contributed by atoms with Gasteiger partial charge in [0.1, 0.15) is 0 Å². The molecule has 1 atom stereocenters. The quantitative estimate of drug-likeness (QED) is 0.317. The van der Waals surface area contributed by atoms with E-state index >= 15 is 0 Å². The Morgan fingerprint density at radius 3 is 3.06 bits per heavy atom. The van der Waals surface area contributed by atoms with E-state index in [-0.39, 0.29) is 6.04 Å². The highest BCUT2D eigenvalue weighted by atomic mass is 32.1. The molecule has 0 fully saturated rings. The summed E-state index contributed by atoms with van der Waals surface area (Å²) >= 11 is 1.45. The van der Waals surface area contributed by atoms with Gasteiger partial charge < -0.3 is 0 Å². The second-order valence-corrected chi connectivity index (χ2v) is 4.56.